The van der Waals surface area contributed by atoms with Crippen molar-refractivity contribution in [2.45, 2.75) is 0 Å². The lowest BCUT2D eigenvalue weighted by molar-refractivity contribution is 0.174. The lowest BCUT2D eigenvalue weighted by atomic mass is 10.1. The molecule has 14 heavy (non-hydrogen) atoms. The molecule has 1 aromatic heterocycles. The molecule has 0 amide bonds. The third-order valence-electron chi connectivity index (χ3n) is 2.10. The fraction of sp³-hybridized carbons (Fsp3) is 0.100. The summed E-state index contributed by atoms with van der Waals surface area (Å²) in [6.45, 7) is 0.289. The first kappa shape index (κ1) is 7.44. The summed E-state index contributed by atoms with van der Waals surface area (Å²) < 4.78 is 15.4. The number of rotatable bonds is 1. The van der Waals surface area contributed by atoms with Crippen molar-refractivity contribution in [3.05, 3.63) is 30.9 Å². The molecule has 0 radical (unpaired) electrons. The summed E-state index contributed by atoms with van der Waals surface area (Å²) in [4.78, 5) is 4.05. The molecule has 1 aliphatic rings. The Labute approximate surface area is 80.1 Å². The Morgan fingerprint density at radius 1 is 1.14 bits per heavy atom. The summed E-state index contributed by atoms with van der Waals surface area (Å²) in [6, 6.07) is 5.68. The molecule has 70 valence electrons. The zero-order valence-electron chi connectivity index (χ0n) is 7.27. The standard InChI is InChI=1S/C10H7NO3/c1-2-9-10(14-6-13-9)3-7(1)8-4-12-5-11-8/h1-5H,6H2. The molecule has 0 spiro atoms. The average molecular weight is 189 g/mol. The van der Waals surface area contributed by atoms with E-state index in [9.17, 15) is 0 Å². The van der Waals surface area contributed by atoms with Crippen LogP contribution in [0.2, 0.25) is 0 Å². The van der Waals surface area contributed by atoms with Gasteiger partial charge >= 0.3 is 0 Å². The summed E-state index contributed by atoms with van der Waals surface area (Å²) in [7, 11) is 0. The maximum absolute atomic E-state index is 5.26. The van der Waals surface area contributed by atoms with E-state index in [1.807, 2.05) is 18.2 Å². The average Bonchev–Trinajstić information content (AvgIpc) is 2.88. The predicted molar refractivity (Wildman–Crippen MR) is 48.1 cm³/mol. The minimum atomic E-state index is 0.289. The molecule has 4 heteroatoms. The van der Waals surface area contributed by atoms with Crippen LogP contribution in [0.3, 0.4) is 0 Å². The van der Waals surface area contributed by atoms with E-state index in [1.54, 1.807) is 6.26 Å². The van der Waals surface area contributed by atoms with Gasteiger partial charge in [0.2, 0.25) is 6.79 Å². The van der Waals surface area contributed by atoms with Crippen molar-refractivity contribution in [1.82, 2.24) is 4.98 Å². The number of ether oxygens (including phenoxy) is 2. The van der Waals surface area contributed by atoms with Gasteiger partial charge in [-0.3, -0.25) is 0 Å². The van der Waals surface area contributed by atoms with Gasteiger partial charge in [-0.25, -0.2) is 4.98 Å². The van der Waals surface area contributed by atoms with Crippen molar-refractivity contribution >= 4 is 0 Å². The van der Waals surface area contributed by atoms with Gasteiger partial charge in [-0.05, 0) is 18.2 Å². The molecule has 2 heterocycles. The highest BCUT2D eigenvalue weighted by molar-refractivity contribution is 5.63. The number of nitrogens with zero attached hydrogens (tertiary/aromatic N) is 1. The van der Waals surface area contributed by atoms with Gasteiger partial charge in [0, 0.05) is 5.56 Å². The summed E-state index contributed by atoms with van der Waals surface area (Å²) in [5.74, 6) is 1.53. The van der Waals surface area contributed by atoms with Crippen molar-refractivity contribution in [2.75, 3.05) is 6.79 Å². The highest BCUT2D eigenvalue weighted by atomic mass is 16.7. The van der Waals surface area contributed by atoms with E-state index in [-0.39, 0.29) is 6.79 Å². The van der Waals surface area contributed by atoms with Crippen LogP contribution < -0.4 is 9.47 Å². The number of hydrogen-bond donors (Lipinski definition) is 0. The van der Waals surface area contributed by atoms with E-state index in [1.165, 1.54) is 6.39 Å². The van der Waals surface area contributed by atoms with Gasteiger partial charge in [0.15, 0.2) is 17.9 Å². The molecule has 0 aliphatic carbocycles. The maximum Gasteiger partial charge on any atom is 0.231 e. The molecule has 0 saturated heterocycles. The monoisotopic (exact) mass is 189 g/mol. The number of fused-ring (bicyclic) bond motifs is 1. The van der Waals surface area contributed by atoms with Crippen LogP contribution in [0.15, 0.2) is 35.3 Å². The second-order valence-electron chi connectivity index (χ2n) is 2.94. The zero-order chi connectivity index (χ0) is 9.38. The van der Waals surface area contributed by atoms with Crippen LogP contribution >= 0.6 is 0 Å². The van der Waals surface area contributed by atoms with Crippen molar-refractivity contribution in [1.29, 1.82) is 0 Å². The minimum absolute atomic E-state index is 0.289. The Kier molecular flexibility index (Phi) is 1.47. The highest BCUT2D eigenvalue weighted by Crippen LogP contribution is 2.35. The van der Waals surface area contributed by atoms with Crippen LogP contribution in [-0.2, 0) is 0 Å². The van der Waals surface area contributed by atoms with Crippen molar-refractivity contribution in [2.24, 2.45) is 0 Å². The Bertz CT molecular complexity index is 450. The molecule has 0 N–H and O–H groups in total. The Balaban J connectivity index is 2.09. The van der Waals surface area contributed by atoms with Crippen molar-refractivity contribution in [3.8, 4) is 22.8 Å². The molecule has 0 bridgehead atoms. The van der Waals surface area contributed by atoms with E-state index in [0.717, 1.165) is 22.8 Å². The van der Waals surface area contributed by atoms with Crippen LogP contribution in [-0.4, -0.2) is 11.8 Å². The largest absolute Gasteiger partial charge is 0.454 e. The second kappa shape index (κ2) is 2.77. The van der Waals surface area contributed by atoms with Gasteiger partial charge in [0.1, 0.15) is 12.0 Å². The Morgan fingerprint density at radius 3 is 2.93 bits per heavy atom. The molecule has 0 atom stereocenters. The molecule has 0 unspecified atom stereocenters. The second-order valence-corrected chi connectivity index (χ2v) is 2.94. The summed E-state index contributed by atoms with van der Waals surface area (Å²) in [5, 5.41) is 0. The smallest absolute Gasteiger partial charge is 0.231 e. The van der Waals surface area contributed by atoms with Gasteiger partial charge in [-0.2, -0.15) is 0 Å². The number of hydrogen-bond acceptors (Lipinski definition) is 4. The molecule has 0 fully saturated rings. The van der Waals surface area contributed by atoms with E-state index >= 15 is 0 Å². The first-order valence-electron chi connectivity index (χ1n) is 4.22. The van der Waals surface area contributed by atoms with Gasteiger partial charge in [-0.1, -0.05) is 0 Å². The minimum Gasteiger partial charge on any atom is -0.454 e. The molecule has 3 rings (SSSR count). The quantitative estimate of drug-likeness (QED) is 0.688. The third-order valence-corrected chi connectivity index (χ3v) is 2.10. The van der Waals surface area contributed by atoms with Crippen LogP contribution in [0.4, 0.5) is 0 Å². The Morgan fingerprint density at radius 2 is 2.07 bits per heavy atom. The number of oxazole rings is 1. The first-order valence-corrected chi connectivity index (χ1v) is 4.22. The van der Waals surface area contributed by atoms with Crippen LogP contribution in [0.25, 0.3) is 11.3 Å². The molecule has 2 aromatic rings. The van der Waals surface area contributed by atoms with E-state index in [4.69, 9.17) is 13.9 Å². The van der Waals surface area contributed by atoms with Crippen molar-refractivity contribution in [3.63, 3.8) is 0 Å². The molecule has 1 aromatic carbocycles. The fourth-order valence-corrected chi connectivity index (χ4v) is 1.41. The predicted octanol–water partition coefficient (Wildman–Crippen LogP) is 2.07. The normalized spacial score (nSPS) is 13.1. The van der Waals surface area contributed by atoms with Crippen LogP contribution in [0, 0.1) is 0 Å². The molecular formula is C10H7NO3. The SMILES string of the molecule is c1nc(-c2ccc3c(c2)OCO3)co1. The van der Waals surface area contributed by atoms with Crippen LogP contribution in [0.5, 0.6) is 11.5 Å². The topological polar surface area (TPSA) is 44.5 Å². The molecule has 1 aliphatic heterocycles. The summed E-state index contributed by atoms with van der Waals surface area (Å²) in [6.07, 6.45) is 3.00. The maximum atomic E-state index is 5.26. The van der Waals surface area contributed by atoms with Gasteiger partial charge in [-0.15, -0.1) is 0 Å². The van der Waals surface area contributed by atoms with Crippen molar-refractivity contribution < 1.29 is 13.9 Å². The number of benzene rings is 1. The van der Waals surface area contributed by atoms with Gasteiger partial charge in [0.25, 0.3) is 0 Å². The molecular weight excluding hydrogens is 182 g/mol. The zero-order valence-corrected chi connectivity index (χ0v) is 7.27. The van der Waals surface area contributed by atoms with E-state index in [2.05, 4.69) is 4.98 Å². The third kappa shape index (κ3) is 1.04. The highest BCUT2D eigenvalue weighted by Gasteiger charge is 2.14. The van der Waals surface area contributed by atoms with E-state index in [0.29, 0.717) is 0 Å². The molecule has 4 nitrogen and oxygen atoms in total. The van der Waals surface area contributed by atoms with E-state index < -0.39 is 0 Å². The van der Waals surface area contributed by atoms with Crippen LogP contribution in [0.1, 0.15) is 0 Å². The van der Waals surface area contributed by atoms with Gasteiger partial charge in [0.05, 0.1) is 0 Å². The number of aromatic nitrogens is 1. The molecule has 0 saturated carbocycles. The summed E-state index contributed by atoms with van der Waals surface area (Å²) in [5.41, 5.74) is 1.76. The Hall–Kier alpha value is -1.97. The van der Waals surface area contributed by atoms with Gasteiger partial charge < -0.3 is 13.9 Å². The fourth-order valence-electron chi connectivity index (χ4n) is 1.41. The lowest BCUT2D eigenvalue weighted by Gasteiger charge is -1.98. The first-order chi connectivity index (χ1) is 6.93. The summed E-state index contributed by atoms with van der Waals surface area (Å²) >= 11 is 0. The lowest BCUT2D eigenvalue weighted by Crippen LogP contribution is -1.92.